The van der Waals surface area contributed by atoms with Crippen LogP contribution in [0.4, 0.5) is 0 Å². The van der Waals surface area contributed by atoms with Crippen LogP contribution in [0.25, 0.3) is 0 Å². The first kappa shape index (κ1) is 11.9. The molecule has 2 aliphatic rings. The highest BCUT2D eigenvalue weighted by atomic mass is 16.5. The van der Waals surface area contributed by atoms with Gasteiger partial charge in [0.2, 0.25) is 0 Å². The van der Waals surface area contributed by atoms with Gasteiger partial charge in [-0.2, -0.15) is 0 Å². The average molecular weight is 222 g/mol. The first-order valence-electron chi connectivity index (χ1n) is 6.10. The molecule has 5 atom stereocenters. The maximum absolute atomic E-state index is 9.74. The number of aliphatic hydroxyl groups is 1. The second-order valence-corrected chi connectivity index (χ2v) is 5.42. The van der Waals surface area contributed by atoms with Gasteiger partial charge in [-0.25, -0.2) is 0 Å². The molecular weight excluding hydrogens is 200 g/mol. The Kier molecular flexibility index (Phi) is 2.97. The Labute approximate surface area is 98.0 Å². The van der Waals surface area contributed by atoms with E-state index in [2.05, 4.69) is 33.4 Å². The number of rotatable bonds is 2. The van der Waals surface area contributed by atoms with E-state index in [0.29, 0.717) is 24.4 Å². The van der Waals surface area contributed by atoms with E-state index >= 15 is 0 Å². The van der Waals surface area contributed by atoms with Crippen LogP contribution >= 0.6 is 0 Å². The molecule has 0 radical (unpaired) electrons. The van der Waals surface area contributed by atoms with Crippen molar-refractivity contribution in [2.45, 2.75) is 26.9 Å². The summed E-state index contributed by atoms with van der Waals surface area (Å²) < 4.78 is 5.88. The van der Waals surface area contributed by atoms with Crippen LogP contribution in [0.5, 0.6) is 0 Å². The molecule has 0 amide bonds. The summed E-state index contributed by atoms with van der Waals surface area (Å²) in [5.74, 6) is 1.22. The first-order chi connectivity index (χ1) is 7.56. The van der Waals surface area contributed by atoms with Crippen molar-refractivity contribution >= 4 is 0 Å². The topological polar surface area (TPSA) is 29.5 Å². The summed E-state index contributed by atoms with van der Waals surface area (Å²) in [6, 6.07) is 0. The highest BCUT2D eigenvalue weighted by molar-refractivity contribution is 5.22. The van der Waals surface area contributed by atoms with Crippen LogP contribution in [0.3, 0.4) is 0 Å². The van der Waals surface area contributed by atoms with Crippen LogP contribution < -0.4 is 0 Å². The first-order valence-corrected chi connectivity index (χ1v) is 6.10. The predicted octanol–water partition coefficient (Wildman–Crippen LogP) is 2.40. The monoisotopic (exact) mass is 222 g/mol. The van der Waals surface area contributed by atoms with Crippen LogP contribution in [-0.4, -0.2) is 24.4 Å². The molecule has 2 rings (SSSR count). The molecule has 0 aromatic heterocycles. The molecule has 0 saturated carbocycles. The van der Waals surface area contributed by atoms with Crippen molar-refractivity contribution in [3.05, 3.63) is 24.3 Å². The Balaban J connectivity index is 2.44. The quantitative estimate of drug-likeness (QED) is 0.727. The maximum atomic E-state index is 9.74. The van der Waals surface area contributed by atoms with Crippen molar-refractivity contribution in [3.8, 4) is 0 Å². The third-order valence-electron chi connectivity index (χ3n) is 4.82. The lowest BCUT2D eigenvalue weighted by atomic mass is 9.56. The van der Waals surface area contributed by atoms with E-state index in [0.717, 1.165) is 0 Å². The van der Waals surface area contributed by atoms with Gasteiger partial charge in [0.25, 0.3) is 0 Å². The number of ether oxygens (including phenoxy) is 1. The number of hydrogen-bond donors (Lipinski definition) is 1. The third kappa shape index (κ3) is 1.40. The molecule has 0 aromatic carbocycles. The fraction of sp³-hybridized carbons (Fsp3) is 0.714. The van der Waals surface area contributed by atoms with Crippen molar-refractivity contribution in [2.24, 2.45) is 23.2 Å². The number of allylic oxidation sites excluding steroid dienone is 1. The molecule has 90 valence electrons. The second kappa shape index (κ2) is 4.01. The van der Waals surface area contributed by atoms with Crippen molar-refractivity contribution in [1.29, 1.82) is 0 Å². The Morgan fingerprint density at radius 1 is 1.62 bits per heavy atom. The lowest BCUT2D eigenvalue weighted by molar-refractivity contribution is -0.148. The van der Waals surface area contributed by atoms with Gasteiger partial charge >= 0.3 is 0 Å². The summed E-state index contributed by atoms with van der Waals surface area (Å²) in [6.07, 6.45) is 4.31. The van der Waals surface area contributed by atoms with Crippen molar-refractivity contribution < 1.29 is 9.84 Å². The molecule has 16 heavy (non-hydrogen) atoms. The number of hydrogen-bond acceptors (Lipinski definition) is 2. The predicted molar refractivity (Wildman–Crippen MR) is 65.0 cm³/mol. The SMILES string of the molecule is C=C[C@H]1OC[C@]2(CO)[C@H](C)C=C(C)[C@@H]1[C@@H]2C. The van der Waals surface area contributed by atoms with Gasteiger partial charge in [0, 0.05) is 11.3 Å². The summed E-state index contributed by atoms with van der Waals surface area (Å²) >= 11 is 0. The fourth-order valence-corrected chi connectivity index (χ4v) is 3.55. The van der Waals surface area contributed by atoms with Gasteiger partial charge in [-0.1, -0.05) is 31.6 Å². The standard InChI is InChI=1S/C14H22O2/c1-5-12-13-9(2)6-10(3)14(7-15,8-16-12)11(13)4/h5-6,10-13,15H,1,7-8H2,2-4H3/t10-,11+,12-,13-,14-/m1/s1. The van der Waals surface area contributed by atoms with Gasteiger partial charge in [-0.15, -0.1) is 6.58 Å². The fourth-order valence-electron chi connectivity index (χ4n) is 3.55. The normalized spacial score (nSPS) is 47.4. The summed E-state index contributed by atoms with van der Waals surface area (Å²) in [6.45, 7) is 11.3. The Hall–Kier alpha value is -0.600. The molecule has 0 unspecified atom stereocenters. The van der Waals surface area contributed by atoms with Crippen LogP contribution in [0.1, 0.15) is 20.8 Å². The Morgan fingerprint density at radius 3 is 2.88 bits per heavy atom. The highest BCUT2D eigenvalue weighted by Gasteiger charge is 2.52. The molecule has 2 nitrogen and oxygen atoms in total. The molecular formula is C14H22O2. The molecule has 2 heteroatoms. The Morgan fingerprint density at radius 2 is 2.31 bits per heavy atom. The molecule has 1 heterocycles. The van der Waals surface area contributed by atoms with E-state index in [-0.39, 0.29) is 18.1 Å². The zero-order valence-electron chi connectivity index (χ0n) is 10.4. The smallest absolute Gasteiger partial charge is 0.0821 e. The minimum atomic E-state index is -0.0936. The van der Waals surface area contributed by atoms with E-state index in [1.54, 1.807) is 0 Å². The van der Waals surface area contributed by atoms with E-state index in [1.807, 2.05) is 6.08 Å². The molecule has 2 bridgehead atoms. The van der Waals surface area contributed by atoms with Gasteiger partial charge in [-0.05, 0) is 18.8 Å². The molecule has 1 aliphatic carbocycles. The summed E-state index contributed by atoms with van der Waals surface area (Å²) in [7, 11) is 0. The third-order valence-corrected chi connectivity index (χ3v) is 4.82. The summed E-state index contributed by atoms with van der Waals surface area (Å²) in [5.41, 5.74) is 1.29. The van der Waals surface area contributed by atoms with Gasteiger partial charge in [-0.3, -0.25) is 0 Å². The van der Waals surface area contributed by atoms with E-state index < -0.39 is 0 Å². The number of aliphatic hydroxyl groups excluding tert-OH is 1. The largest absolute Gasteiger partial charge is 0.396 e. The maximum Gasteiger partial charge on any atom is 0.0821 e. The molecule has 1 saturated heterocycles. The zero-order valence-corrected chi connectivity index (χ0v) is 10.4. The van der Waals surface area contributed by atoms with Gasteiger partial charge in [0.05, 0.1) is 19.3 Å². The van der Waals surface area contributed by atoms with E-state index in [4.69, 9.17) is 4.74 Å². The van der Waals surface area contributed by atoms with E-state index in [9.17, 15) is 5.11 Å². The minimum Gasteiger partial charge on any atom is -0.396 e. The zero-order chi connectivity index (χ0) is 11.9. The van der Waals surface area contributed by atoms with Crippen LogP contribution in [0.2, 0.25) is 0 Å². The second-order valence-electron chi connectivity index (χ2n) is 5.42. The summed E-state index contributed by atoms with van der Waals surface area (Å²) in [4.78, 5) is 0. The van der Waals surface area contributed by atoms with Crippen molar-refractivity contribution in [2.75, 3.05) is 13.2 Å². The Bertz CT molecular complexity index is 321. The van der Waals surface area contributed by atoms with Crippen molar-refractivity contribution in [1.82, 2.24) is 0 Å². The van der Waals surface area contributed by atoms with Gasteiger partial charge in [0.1, 0.15) is 0 Å². The summed E-state index contributed by atoms with van der Waals surface area (Å²) in [5, 5.41) is 9.74. The molecule has 1 aliphatic heterocycles. The number of fused-ring (bicyclic) bond motifs is 2. The highest BCUT2D eigenvalue weighted by Crippen LogP contribution is 2.52. The molecule has 1 N–H and O–H groups in total. The van der Waals surface area contributed by atoms with Crippen molar-refractivity contribution in [3.63, 3.8) is 0 Å². The van der Waals surface area contributed by atoms with Crippen LogP contribution in [0.15, 0.2) is 24.3 Å². The molecule has 0 spiro atoms. The minimum absolute atomic E-state index is 0.0936. The van der Waals surface area contributed by atoms with Gasteiger partial charge in [0.15, 0.2) is 0 Å². The lowest BCUT2D eigenvalue weighted by Crippen LogP contribution is -2.55. The van der Waals surface area contributed by atoms with Crippen LogP contribution in [0, 0.1) is 23.2 Å². The lowest BCUT2D eigenvalue weighted by Gasteiger charge is -2.54. The van der Waals surface area contributed by atoms with E-state index in [1.165, 1.54) is 5.57 Å². The van der Waals surface area contributed by atoms with Gasteiger partial charge < -0.3 is 9.84 Å². The van der Waals surface area contributed by atoms with Crippen LogP contribution in [-0.2, 0) is 4.74 Å². The molecule has 1 fully saturated rings. The molecule has 0 aromatic rings. The average Bonchev–Trinajstić information content (AvgIpc) is 2.26.